The van der Waals surface area contributed by atoms with E-state index in [1.54, 1.807) is 0 Å². The summed E-state index contributed by atoms with van der Waals surface area (Å²) in [5.74, 6) is -0.870. The molecule has 0 saturated carbocycles. The Morgan fingerprint density at radius 2 is 2.47 bits per heavy atom. The molecule has 1 rings (SSSR count). The van der Waals surface area contributed by atoms with Crippen molar-refractivity contribution in [1.29, 1.82) is 0 Å². The van der Waals surface area contributed by atoms with Crippen LogP contribution in [-0.2, 0) is 4.79 Å². The summed E-state index contributed by atoms with van der Waals surface area (Å²) in [5.41, 5.74) is -0.461. The summed E-state index contributed by atoms with van der Waals surface area (Å²) in [5, 5.41) is 8.77. The predicted octanol–water partition coefficient (Wildman–Crippen LogP) is -0.144. The quantitative estimate of drug-likeness (QED) is 0.670. The second-order valence-corrected chi connectivity index (χ2v) is 3.15. The number of rotatable bonds is 6. The Labute approximate surface area is 97.4 Å². The van der Waals surface area contributed by atoms with Gasteiger partial charge in [0.25, 0.3) is 5.56 Å². The van der Waals surface area contributed by atoms with Crippen molar-refractivity contribution >= 4 is 11.8 Å². The summed E-state index contributed by atoms with van der Waals surface area (Å²) in [6.07, 6.45) is 2.71. The van der Waals surface area contributed by atoms with Gasteiger partial charge < -0.3 is 19.7 Å². The molecule has 0 bridgehead atoms. The van der Waals surface area contributed by atoms with Crippen LogP contribution in [0.2, 0.25) is 0 Å². The SMILES string of the molecule is C=CCN(CC(=O)O)c1nc[nH]c(=O)c1OC. The molecule has 1 aromatic heterocycles. The van der Waals surface area contributed by atoms with Crippen LogP contribution in [0.3, 0.4) is 0 Å². The molecule has 0 aliphatic rings. The Morgan fingerprint density at radius 3 is 3.00 bits per heavy atom. The molecule has 1 aromatic rings. The molecular formula is C10H13N3O4. The number of aromatic nitrogens is 2. The first kappa shape index (κ1) is 12.8. The summed E-state index contributed by atoms with van der Waals surface area (Å²) in [4.78, 5) is 29.8. The third kappa shape index (κ3) is 3.07. The predicted molar refractivity (Wildman–Crippen MR) is 61.5 cm³/mol. The minimum Gasteiger partial charge on any atom is -0.489 e. The number of ether oxygens (including phenoxy) is 1. The molecule has 0 spiro atoms. The fraction of sp³-hybridized carbons (Fsp3) is 0.300. The summed E-state index contributed by atoms with van der Waals surface area (Å²) < 4.78 is 4.91. The van der Waals surface area contributed by atoms with Gasteiger partial charge in [0.1, 0.15) is 6.54 Å². The highest BCUT2D eigenvalue weighted by atomic mass is 16.5. The van der Waals surface area contributed by atoms with E-state index in [0.29, 0.717) is 0 Å². The van der Waals surface area contributed by atoms with Gasteiger partial charge in [-0.3, -0.25) is 9.59 Å². The van der Waals surface area contributed by atoms with Crippen LogP contribution in [0.5, 0.6) is 5.75 Å². The van der Waals surface area contributed by atoms with E-state index in [1.807, 2.05) is 0 Å². The second-order valence-electron chi connectivity index (χ2n) is 3.15. The third-order valence-electron chi connectivity index (χ3n) is 1.97. The summed E-state index contributed by atoms with van der Waals surface area (Å²) in [6.45, 7) is 3.48. The summed E-state index contributed by atoms with van der Waals surface area (Å²) in [7, 11) is 1.32. The van der Waals surface area contributed by atoms with Crippen LogP contribution in [0, 0.1) is 0 Å². The van der Waals surface area contributed by atoms with Gasteiger partial charge in [0, 0.05) is 6.54 Å². The first-order chi connectivity index (χ1) is 8.10. The van der Waals surface area contributed by atoms with Crippen LogP contribution in [0.1, 0.15) is 0 Å². The van der Waals surface area contributed by atoms with Gasteiger partial charge in [0.2, 0.25) is 5.75 Å². The summed E-state index contributed by atoms with van der Waals surface area (Å²) >= 11 is 0. The van der Waals surface area contributed by atoms with Gasteiger partial charge in [0.05, 0.1) is 13.4 Å². The molecule has 0 fully saturated rings. The molecule has 92 valence electrons. The largest absolute Gasteiger partial charge is 0.489 e. The van der Waals surface area contributed by atoms with Crippen LogP contribution in [0.4, 0.5) is 5.82 Å². The minimum absolute atomic E-state index is 0.0180. The average molecular weight is 239 g/mol. The van der Waals surface area contributed by atoms with E-state index in [0.717, 1.165) is 0 Å². The Hall–Kier alpha value is -2.31. The number of aromatic amines is 1. The lowest BCUT2D eigenvalue weighted by molar-refractivity contribution is -0.135. The Kier molecular flexibility index (Phi) is 4.27. The van der Waals surface area contributed by atoms with Crippen molar-refractivity contribution in [2.45, 2.75) is 0 Å². The second kappa shape index (κ2) is 5.69. The zero-order valence-corrected chi connectivity index (χ0v) is 9.34. The molecule has 17 heavy (non-hydrogen) atoms. The molecule has 7 nitrogen and oxygen atoms in total. The molecule has 0 aliphatic heterocycles. The molecule has 0 atom stereocenters. The van der Waals surface area contributed by atoms with Crippen molar-refractivity contribution in [3.05, 3.63) is 29.3 Å². The Morgan fingerprint density at radius 1 is 1.76 bits per heavy atom. The van der Waals surface area contributed by atoms with Gasteiger partial charge in [-0.2, -0.15) is 0 Å². The maximum Gasteiger partial charge on any atom is 0.323 e. The fourth-order valence-corrected chi connectivity index (χ4v) is 1.33. The number of hydrogen-bond acceptors (Lipinski definition) is 5. The highest BCUT2D eigenvalue weighted by Crippen LogP contribution is 2.19. The van der Waals surface area contributed by atoms with Gasteiger partial charge in [-0.1, -0.05) is 6.08 Å². The lowest BCUT2D eigenvalue weighted by Crippen LogP contribution is -2.32. The number of nitrogens with zero attached hydrogens (tertiary/aromatic N) is 2. The number of nitrogens with one attached hydrogen (secondary N) is 1. The number of aliphatic carboxylic acids is 1. The molecule has 0 aliphatic carbocycles. The molecule has 0 aromatic carbocycles. The van der Waals surface area contributed by atoms with E-state index in [-0.39, 0.29) is 24.7 Å². The Balaban J connectivity index is 3.17. The van der Waals surface area contributed by atoms with Gasteiger partial charge in [0.15, 0.2) is 5.82 Å². The van der Waals surface area contributed by atoms with Crippen molar-refractivity contribution < 1.29 is 14.6 Å². The molecule has 0 saturated heterocycles. The molecule has 0 radical (unpaired) electrons. The van der Waals surface area contributed by atoms with Crippen molar-refractivity contribution in [3.63, 3.8) is 0 Å². The number of hydrogen-bond donors (Lipinski definition) is 2. The molecule has 1 heterocycles. The van der Waals surface area contributed by atoms with Crippen LogP contribution in [0.25, 0.3) is 0 Å². The number of methoxy groups -OCH3 is 1. The van der Waals surface area contributed by atoms with E-state index < -0.39 is 11.5 Å². The molecular weight excluding hydrogens is 226 g/mol. The molecule has 7 heteroatoms. The van der Waals surface area contributed by atoms with Gasteiger partial charge in [-0.15, -0.1) is 6.58 Å². The third-order valence-corrected chi connectivity index (χ3v) is 1.97. The van der Waals surface area contributed by atoms with Crippen LogP contribution < -0.4 is 15.2 Å². The fourth-order valence-electron chi connectivity index (χ4n) is 1.33. The lowest BCUT2D eigenvalue weighted by Gasteiger charge is -2.20. The maximum absolute atomic E-state index is 11.4. The van der Waals surface area contributed by atoms with Crippen molar-refractivity contribution in [2.75, 3.05) is 25.1 Å². The van der Waals surface area contributed by atoms with E-state index >= 15 is 0 Å². The van der Waals surface area contributed by atoms with Gasteiger partial charge in [-0.25, -0.2) is 4.98 Å². The average Bonchev–Trinajstić information content (AvgIpc) is 2.27. The maximum atomic E-state index is 11.4. The van der Waals surface area contributed by atoms with Crippen LogP contribution in [-0.4, -0.2) is 41.2 Å². The zero-order valence-electron chi connectivity index (χ0n) is 9.34. The smallest absolute Gasteiger partial charge is 0.323 e. The molecule has 2 N–H and O–H groups in total. The monoisotopic (exact) mass is 239 g/mol. The van der Waals surface area contributed by atoms with Gasteiger partial charge in [-0.05, 0) is 0 Å². The van der Waals surface area contributed by atoms with Crippen molar-refractivity contribution in [2.24, 2.45) is 0 Å². The van der Waals surface area contributed by atoms with Crippen LogP contribution >= 0.6 is 0 Å². The first-order valence-corrected chi connectivity index (χ1v) is 4.79. The van der Waals surface area contributed by atoms with Crippen LogP contribution in [0.15, 0.2) is 23.8 Å². The highest BCUT2D eigenvalue weighted by Gasteiger charge is 2.17. The number of H-pyrrole nitrogens is 1. The lowest BCUT2D eigenvalue weighted by atomic mass is 10.4. The van der Waals surface area contributed by atoms with E-state index in [1.165, 1.54) is 24.4 Å². The van der Waals surface area contributed by atoms with E-state index in [4.69, 9.17) is 9.84 Å². The normalized spacial score (nSPS) is 9.71. The first-order valence-electron chi connectivity index (χ1n) is 4.79. The summed E-state index contributed by atoms with van der Waals surface area (Å²) in [6, 6.07) is 0. The minimum atomic E-state index is -1.03. The molecule has 0 unspecified atom stereocenters. The topological polar surface area (TPSA) is 95.5 Å². The zero-order chi connectivity index (χ0) is 12.8. The Bertz CT molecular complexity index is 469. The number of carbonyl (C=O) groups is 1. The number of carboxylic acids is 1. The van der Waals surface area contributed by atoms with E-state index in [2.05, 4.69) is 16.5 Å². The number of anilines is 1. The highest BCUT2D eigenvalue weighted by molar-refractivity contribution is 5.74. The van der Waals surface area contributed by atoms with Crippen molar-refractivity contribution in [1.82, 2.24) is 9.97 Å². The van der Waals surface area contributed by atoms with Gasteiger partial charge >= 0.3 is 5.97 Å². The van der Waals surface area contributed by atoms with Crippen molar-refractivity contribution in [3.8, 4) is 5.75 Å². The number of carboxylic acid groups (broad SMARTS) is 1. The standard InChI is InChI=1S/C10H13N3O4/c1-3-4-13(5-7(14)15)9-8(17-2)10(16)12-6-11-9/h3,6H,1,4-5H2,2H3,(H,14,15)(H,11,12,16). The van der Waals surface area contributed by atoms with E-state index in [9.17, 15) is 9.59 Å². The molecule has 0 amide bonds.